The Hall–Kier alpha value is -0.280. The Balaban J connectivity index is 2.28. The monoisotopic (exact) mass is 327 g/mol. The van der Waals surface area contributed by atoms with Gasteiger partial charge in [-0.2, -0.15) is 0 Å². The lowest BCUT2D eigenvalue weighted by atomic mass is 9.71. The lowest BCUT2D eigenvalue weighted by Crippen LogP contribution is -2.37. The smallest absolute Gasteiger partial charge is 0.169 e. The van der Waals surface area contributed by atoms with Crippen molar-refractivity contribution in [2.24, 2.45) is 11.3 Å². The molecule has 0 radical (unpaired) electrons. The van der Waals surface area contributed by atoms with E-state index >= 15 is 0 Å². The Bertz CT molecular complexity index is 393. The molecule has 1 aromatic heterocycles. The summed E-state index contributed by atoms with van der Waals surface area (Å²) in [5, 5.41) is 3.69. The van der Waals surface area contributed by atoms with E-state index in [0.717, 1.165) is 22.9 Å². The van der Waals surface area contributed by atoms with E-state index < -0.39 is 0 Å². The number of rotatable bonds is 6. The summed E-state index contributed by atoms with van der Waals surface area (Å²) in [6, 6.07) is 4.49. The van der Waals surface area contributed by atoms with E-state index in [1.807, 2.05) is 6.07 Å². The van der Waals surface area contributed by atoms with Crippen molar-refractivity contribution in [2.45, 2.75) is 58.9 Å². The molecule has 108 valence electrons. The van der Waals surface area contributed by atoms with Crippen LogP contribution in [0.25, 0.3) is 0 Å². The van der Waals surface area contributed by atoms with Crippen molar-refractivity contribution in [3.63, 3.8) is 0 Å². The molecule has 1 unspecified atom stereocenters. The molecule has 0 saturated heterocycles. The molecule has 1 aliphatic rings. The highest BCUT2D eigenvalue weighted by Crippen LogP contribution is 2.52. The second-order valence-corrected chi connectivity index (χ2v) is 7.08. The summed E-state index contributed by atoms with van der Waals surface area (Å²) in [5.41, 5.74) is 0.376. The van der Waals surface area contributed by atoms with Gasteiger partial charge in [0.1, 0.15) is 5.76 Å². The summed E-state index contributed by atoms with van der Waals surface area (Å²) in [6.07, 6.45) is 6.64. The van der Waals surface area contributed by atoms with Crippen LogP contribution in [0.2, 0.25) is 0 Å². The quantitative estimate of drug-likeness (QED) is 0.766. The van der Waals surface area contributed by atoms with Crippen LogP contribution in [0.3, 0.4) is 0 Å². The van der Waals surface area contributed by atoms with Crippen LogP contribution in [0, 0.1) is 11.3 Å². The zero-order valence-electron chi connectivity index (χ0n) is 12.3. The van der Waals surface area contributed by atoms with Gasteiger partial charge in [0.2, 0.25) is 0 Å². The Kier molecular flexibility index (Phi) is 5.13. The largest absolute Gasteiger partial charge is 0.453 e. The fourth-order valence-corrected chi connectivity index (χ4v) is 4.13. The molecule has 1 atom stereocenters. The maximum absolute atomic E-state index is 5.87. The Morgan fingerprint density at radius 2 is 2.00 bits per heavy atom. The van der Waals surface area contributed by atoms with Crippen LogP contribution < -0.4 is 5.32 Å². The highest BCUT2D eigenvalue weighted by Gasteiger charge is 2.43. The summed E-state index contributed by atoms with van der Waals surface area (Å²) >= 11 is 3.43. The third kappa shape index (κ3) is 3.43. The van der Waals surface area contributed by atoms with Crippen molar-refractivity contribution in [3.8, 4) is 0 Å². The minimum absolute atomic E-state index is 0.355. The summed E-state index contributed by atoms with van der Waals surface area (Å²) in [4.78, 5) is 0. The van der Waals surface area contributed by atoms with Crippen LogP contribution in [0.1, 0.15) is 64.7 Å². The van der Waals surface area contributed by atoms with Crippen molar-refractivity contribution < 1.29 is 4.42 Å². The van der Waals surface area contributed by atoms with Gasteiger partial charge in [-0.1, -0.05) is 33.6 Å². The summed E-state index contributed by atoms with van der Waals surface area (Å²) in [5.74, 6) is 1.83. The first kappa shape index (κ1) is 15.1. The standard InChI is InChI=1S/C16H26BrNO/c1-4-18-15(13-7-8-14(17)19-13)16(11-12(2)3)9-5-6-10-16/h7-8,12,15,18H,4-6,9-11H2,1-3H3. The third-order valence-corrected chi connectivity index (χ3v) is 4.74. The van der Waals surface area contributed by atoms with E-state index in [1.165, 1.54) is 32.1 Å². The van der Waals surface area contributed by atoms with Crippen LogP contribution in [0.4, 0.5) is 0 Å². The molecule has 1 saturated carbocycles. The molecule has 19 heavy (non-hydrogen) atoms. The van der Waals surface area contributed by atoms with Crippen LogP contribution >= 0.6 is 15.9 Å². The first-order valence-corrected chi connectivity index (χ1v) is 8.35. The SMILES string of the molecule is CCNC(c1ccc(Br)o1)C1(CC(C)C)CCCC1. The number of nitrogens with one attached hydrogen (secondary N) is 1. The molecule has 0 bridgehead atoms. The number of halogens is 1. The first-order chi connectivity index (χ1) is 9.07. The minimum atomic E-state index is 0.355. The van der Waals surface area contributed by atoms with Crippen LogP contribution in [-0.4, -0.2) is 6.54 Å². The predicted octanol–water partition coefficient (Wildman–Crippen LogP) is 5.30. The van der Waals surface area contributed by atoms with Gasteiger partial charge in [0.25, 0.3) is 0 Å². The molecule has 0 aromatic carbocycles. The molecule has 1 N–H and O–H groups in total. The predicted molar refractivity (Wildman–Crippen MR) is 83.2 cm³/mol. The molecule has 3 heteroatoms. The zero-order chi connectivity index (χ0) is 13.9. The van der Waals surface area contributed by atoms with Crippen molar-refractivity contribution in [2.75, 3.05) is 6.54 Å². The van der Waals surface area contributed by atoms with E-state index in [0.29, 0.717) is 11.5 Å². The summed E-state index contributed by atoms with van der Waals surface area (Å²) in [6.45, 7) is 7.84. The molecular formula is C16H26BrNO. The molecular weight excluding hydrogens is 302 g/mol. The van der Waals surface area contributed by atoms with E-state index in [9.17, 15) is 0 Å². The molecule has 0 spiro atoms. The van der Waals surface area contributed by atoms with E-state index in [2.05, 4.69) is 48.1 Å². The van der Waals surface area contributed by atoms with Gasteiger partial charge >= 0.3 is 0 Å². The first-order valence-electron chi connectivity index (χ1n) is 7.56. The van der Waals surface area contributed by atoms with E-state index in [1.54, 1.807) is 0 Å². The Labute approximate surface area is 125 Å². The summed E-state index contributed by atoms with van der Waals surface area (Å²) in [7, 11) is 0. The maximum atomic E-state index is 5.87. The molecule has 0 amide bonds. The highest BCUT2D eigenvalue weighted by atomic mass is 79.9. The van der Waals surface area contributed by atoms with Gasteiger partial charge in [0, 0.05) is 0 Å². The van der Waals surface area contributed by atoms with Gasteiger partial charge < -0.3 is 9.73 Å². The Morgan fingerprint density at radius 1 is 1.32 bits per heavy atom. The molecule has 1 aromatic rings. The fourth-order valence-electron chi connectivity index (χ4n) is 3.81. The minimum Gasteiger partial charge on any atom is -0.453 e. The van der Waals surface area contributed by atoms with Gasteiger partial charge in [-0.3, -0.25) is 0 Å². The number of furan rings is 1. The molecule has 2 nitrogen and oxygen atoms in total. The van der Waals surface area contributed by atoms with Gasteiger partial charge in [0.15, 0.2) is 4.67 Å². The van der Waals surface area contributed by atoms with E-state index in [-0.39, 0.29) is 0 Å². The van der Waals surface area contributed by atoms with Crippen LogP contribution in [0.15, 0.2) is 21.2 Å². The fraction of sp³-hybridized carbons (Fsp3) is 0.750. The van der Waals surface area contributed by atoms with Crippen LogP contribution in [0.5, 0.6) is 0 Å². The lowest BCUT2D eigenvalue weighted by Gasteiger charge is -2.38. The Morgan fingerprint density at radius 3 is 2.47 bits per heavy atom. The average molecular weight is 328 g/mol. The molecule has 1 aliphatic carbocycles. The van der Waals surface area contributed by atoms with E-state index in [4.69, 9.17) is 4.42 Å². The zero-order valence-corrected chi connectivity index (χ0v) is 13.9. The van der Waals surface area contributed by atoms with Crippen LogP contribution in [-0.2, 0) is 0 Å². The molecule has 2 rings (SSSR count). The average Bonchev–Trinajstić information content (AvgIpc) is 2.95. The van der Waals surface area contributed by atoms with Gasteiger partial charge in [-0.25, -0.2) is 0 Å². The van der Waals surface area contributed by atoms with Crippen molar-refractivity contribution >= 4 is 15.9 Å². The lowest BCUT2D eigenvalue weighted by molar-refractivity contribution is 0.138. The third-order valence-electron chi connectivity index (χ3n) is 4.31. The topological polar surface area (TPSA) is 25.2 Å². The van der Waals surface area contributed by atoms with Crippen molar-refractivity contribution in [1.82, 2.24) is 5.32 Å². The van der Waals surface area contributed by atoms with Gasteiger partial charge in [-0.05, 0) is 65.2 Å². The van der Waals surface area contributed by atoms with Crippen molar-refractivity contribution in [3.05, 3.63) is 22.6 Å². The second kappa shape index (κ2) is 6.45. The molecule has 0 aliphatic heterocycles. The summed E-state index contributed by atoms with van der Waals surface area (Å²) < 4.78 is 6.71. The normalized spacial score (nSPS) is 20.1. The molecule has 1 heterocycles. The number of hydrogen-bond donors (Lipinski definition) is 1. The number of hydrogen-bond acceptors (Lipinski definition) is 2. The highest BCUT2D eigenvalue weighted by molar-refractivity contribution is 9.10. The van der Waals surface area contributed by atoms with Crippen molar-refractivity contribution in [1.29, 1.82) is 0 Å². The van der Waals surface area contributed by atoms with Gasteiger partial charge in [-0.15, -0.1) is 0 Å². The van der Waals surface area contributed by atoms with Gasteiger partial charge in [0.05, 0.1) is 6.04 Å². The second-order valence-electron chi connectivity index (χ2n) is 6.30. The maximum Gasteiger partial charge on any atom is 0.169 e. The molecule has 1 fully saturated rings.